The van der Waals surface area contributed by atoms with Gasteiger partial charge in [0.25, 0.3) is 0 Å². The van der Waals surface area contributed by atoms with Gasteiger partial charge < -0.3 is 10.6 Å². The lowest BCUT2D eigenvalue weighted by Crippen LogP contribution is -2.41. The van der Waals surface area contributed by atoms with Crippen LogP contribution >= 0.6 is 0 Å². The van der Waals surface area contributed by atoms with E-state index in [1.165, 1.54) is 12.8 Å². The van der Waals surface area contributed by atoms with Crippen LogP contribution in [0.25, 0.3) is 0 Å². The molecular formula is C10H21N3. The molecule has 1 rings (SSSR count). The van der Waals surface area contributed by atoms with E-state index in [-0.39, 0.29) is 0 Å². The van der Waals surface area contributed by atoms with E-state index in [1.807, 2.05) is 6.92 Å². The monoisotopic (exact) mass is 183 g/mol. The summed E-state index contributed by atoms with van der Waals surface area (Å²) in [6, 6.07) is 0.678. The van der Waals surface area contributed by atoms with E-state index in [0.717, 1.165) is 19.0 Å². The van der Waals surface area contributed by atoms with Gasteiger partial charge in [-0.25, -0.2) is 0 Å². The van der Waals surface area contributed by atoms with Crippen LogP contribution in [0.1, 0.15) is 33.6 Å². The Morgan fingerprint density at radius 1 is 1.54 bits per heavy atom. The van der Waals surface area contributed by atoms with Crippen molar-refractivity contribution in [1.82, 2.24) is 4.90 Å². The van der Waals surface area contributed by atoms with E-state index in [9.17, 15) is 0 Å². The summed E-state index contributed by atoms with van der Waals surface area (Å²) in [5, 5.41) is 0. The van der Waals surface area contributed by atoms with E-state index < -0.39 is 0 Å². The largest absolute Gasteiger partial charge is 0.370 e. The first-order chi connectivity index (χ1) is 6.15. The Hall–Kier alpha value is -0.730. The molecule has 0 aliphatic heterocycles. The molecule has 3 heteroatoms. The molecule has 0 amide bonds. The molecule has 0 atom stereocenters. The van der Waals surface area contributed by atoms with Crippen molar-refractivity contribution in [3.63, 3.8) is 0 Å². The van der Waals surface area contributed by atoms with Gasteiger partial charge in [-0.2, -0.15) is 0 Å². The highest BCUT2D eigenvalue weighted by molar-refractivity contribution is 5.78. The third-order valence-electron chi connectivity index (χ3n) is 2.16. The summed E-state index contributed by atoms with van der Waals surface area (Å²) in [6.07, 6.45) is 2.57. The molecule has 76 valence electrons. The zero-order valence-electron chi connectivity index (χ0n) is 8.95. The highest BCUT2D eigenvalue weighted by atomic mass is 15.3. The minimum Gasteiger partial charge on any atom is -0.370 e. The number of nitrogens with zero attached hydrogens (tertiary/aromatic N) is 2. The molecule has 0 spiro atoms. The quantitative estimate of drug-likeness (QED) is 0.529. The van der Waals surface area contributed by atoms with E-state index in [4.69, 9.17) is 5.73 Å². The summed E-state index contributed by atoms with van der Waals surface area (Å²) in [5.74, 6) is 1.39. The third-order valence-corrected chi connectivity index (χ3v) is 2.16. The zero-order valence-corrected chi connectivity index (χ0v) is 8.95. The van der Waals surface area contributed by atoms with Crippen LogP contribution in [-0.2, 0) is 0 Å². The third kappa shape index (κ3) is 3.25. The highest BCUT2D eigenvalue weighted by Gasteiger charge is 2.30. The Balaban J connectivity index is 2.50. The van der Waals surface area contributed by atoms with E-state index in [0.29, 0.717) is 12.0 Å². The average Bonchev–Trinajstić information content (AvgIpc) is 2.82. The first kappa shape index (κ1) is 10.4. The fourth-order valence-electron chi connectivity index (χ4n) is 1.46. The van der Waals surface area contributed by atoms with Crippen LogP contribution in [0.3, 0.4) is 0 Å². The topological polar surface area (TPSA) is 41.6 Å². The van der Waals surface area contributed by atoms with Gasteiger partial charge in [-0.1, -0.05) is 13.8 Å². The van der Waals surface area contributed by atoms with Crippen LogP contribution in [0.2, 0.25) is 0 Å². The van der Waals surface area contributed by atoms with Crippen molar-refractivity contribution in [1.29, 1.82) is 0 Å². The second-order valence-electron chi connectivity index (χ2n) is 4.11. The summed E-state index contributed by atoms with van der Waals surface area (Å²) in [6.45, 7) is 8.28. The first-order valence-electron chi connectivity index (χ1n) is 5.21. The number of nitrogens with two attached hydrogens (primary N) is 1. The lowest BCUT2D eigenvalue weighted by Gasteiger charge is -2.25. The lowest BCUT2D eigenvalue weighted by molar-refractivity contribution is 0.352. The fourth-order valence-corrected chi connectivity index (χ4v) is 1.46. The van der Waals surface area contributed by atoms with Gasteiger partial charge in [0.2, 0.25) is 0 Å². The zero-order chi connectivity index (χ0) is 9.84. The summed E-state index contributed by atoms with van der Waals surface area (Å²) < 4.78 is 0. The van der Waals surface area contributed by atoms with Crippen LogP contribution in [0.4, 0.5) is 0 Å². The number of aliphatic imine (C=N–C) groups is 1. The van der Waals surface area contributed by atoms with Gasteiger partial charge in [0, 0.05) is 19.1 Å². The smallest absolute Gasteiger partial charge is 0.191 e. The van der Waals surface area contributed by atoms with Gasteiger partial charge in [-0.3, -0.25) is 4.99 Å². The van der Waals surface area contributed by atoms with Crippen LogP contribution < -0.4 is 5.73 Å². The van der Waals surface area contributed by atoms with Gasteiger partial charge in [0.05, 0.1) is 0 Å². The fraction of sp³-hybridized carbons (Fsp3) is 0.900. The first-order valence-corrected chi connectivity index (χ1v) is 5.21. The number of hydrogen-bond donors (Lipinski definition) is 1. The lowest BCUT2D eigenvalue weighted by atomic mass is 10.2. The highest BCUT2D eigenvalue weighted by Crippen LogP contribution is 2.27. The molecule has 1 aliphatic carbocycles. The number of guanidine groups is 1. The molecule has 0 aromatic rings. The molecule has 0 radical (unpaired) electrons. The standard InChI is InChI=1S/C10H21N3/c1-4-12-10(11)13(7-8(2)3)9-5-6-9/h8-9H,4-7H2,1-3H3,(H2,11,12). The summed E-state index contributed by atoms with van der Waals surface area (Å²) >= 11 is 0. The van der Waals surface area contributed by atoms with Crippen LogP contribution in [0, 0.1) is 5.92 Å². The minimum atomic E-state index is 0.659. The molecule has 0 saturated heterocycles. The average molecular weight is 183 g/mol. The maximum absolute atomic E-state index is 5.89. The van der Waals surface area contributed by atoms with Crippen molar-refractivity contribution < 1.29 is 0 Å². The maximum Gasteiger partial charge on any atom is 0.191 e. The second kappa shape index (κ2) is 4.49. The molecule has 1 aliphatic rings. The summed E-state index contributed by atoms with van der Waals surface area (Å²) in [5.41, 5.74) is 5.89. The van der Waals surface area contributed by atoms with Crippen LogP contribution in [-0.4, -0.2) is 30.0 Å². The van der Waals surface area contributed by atoms with Crippen molar-refractivity contribution in [2.24, 2.45) is 16.6 Å². The normalized spacial score (nSPS) is 18.0. The Morgan fingerprint density at radius 2 is 2.15 bits per heavy atom. The van der Waals surface area contributed by atoms with Crippen LogP contribution in [0.5, 0.6) is 0 Å². The molecular weight excluding hydrogens is 162 g/mol. The van der Waals surface area contributed by atoms with Crippen molar-refractivity contribution in [2.45, 2.75) is 39.7 Å². The molecule has 0 aromatic carbocycles. The Bertz CT molecular complexity index is 183. The Kier molecular flexibility index (Phi) is 3.58. The van der Waals surface area contributed by atoms with Gasteiger partial charge in [-0.05, 0) is 25.7 Å². The minimum absolute atomic E-state index is 0.659. The number of rotatable bonds is 4. The predicted molar refractivity (Wildman–Crippen MR) is 56.7 cm³/mol. The molecule has 2 N–H and O–H groups in total. The second-order valence-corrected chi connectivity index (χ2v) is 4.11. The molecule has 0 bridgehead atoms. The summed E-state index contributed by atoms with van der Waals surface area (Å²) in [4.78, 5) is 6.52. The van der Waals surface area contributed by atoms with Gasteiger partial charge >= 0.3 is 0 Å². The van der Waals surface area contributed by atoms with Crippen LogP contribution in [0.15, 0.2) is 4.99 Å². The van der Waals surface area contributed by atoms with E-state index in [1.54, 1.807) is 0 Å². The van der Waals surface area contributed by atoms with Gasteiger partial charge in [0.1, 0.15) is 0 Å². The molecule has 0 aromatic heterocycles. The van der Waals surface area contributed by atoms with Crippen molar-refractivity contribution in [3.05, 3.63) is 0 Å². The predicted octanol–water partition coefficient (Wildman–Crippen LogP) is 1.44. The van der Waals surface area contributed by atoms with Gasteiger partial charge in [0.15, 0.2) is 5.96 Å². The number of hydrogen-bond acceptors (Lipinski definition) is 1. The SMILES string of the molecule is CCN=C(N)N(CC(C)C)C1CC1. The van der Waals surface area contributed by atoms with Crippen molar-refractivity contribution in [2.75, 3.05) is 13.1 Å². The molecule has 3 nitrogen and oxygen atoms in total. The van der Waals surface area contributed by atoms with Gasteiger partial charge in [-0.15, -0.1) is 0 Å². The van der Waals surface area contributed by atoms with Crippen molar-refractivity contribution >= 4 is 5.96 Å². The molecule has 1 fully saturated rings. The Morgan fingerprint density at radius 3 is 2.54 bits per heavy atom. The maximum atomic E-state index is 5.89. The summed E-state index contributed by atoms with van der Waals surface area (Å²) in [7, 11) is 0. The molecule has 0 heterocycles. The van der Waals surface area contributed by atoms with Crippen molar-refractivity contribution in [3.8, 4) is 0 Å². The van der Waals surface area contributed by atoms with E-state index in [2.05, 4.69) is 23.7 Å². The Labute approximate surface area is 81.0 Å². The molecule has 0 unspecified atom stereocenters. The molecule has 13 heavy (non-hydrogen) atoms. The molecule has 1 saturated carbocycles. The van der Waals surface area contributed by atoms with E-state index >= 15 is 0 Å².